The number of rotatable bonds is 4. The van der Waals surface area contributed by atoms with Crippen molar-refractivity contribution >= 4 is 39.2 Å². The molecule has 0 aliphatic rings. The molecule has 0 aromatic heterocycles. The number of non-ortho nitro benzene ring substituents is 1. The van der Waals surface area contributed by atoms with Gasteiger partial charge in [-0.25, -0.2) is 9.59 Å². The maximum atomic E-state index is 10.6. The summed E-state index contributed by atoms with van der Waals surface area (Å²) in [6.07, 6.45) is 0. The van der Waals surface area contributed by atoms with Crippen molar-refractivity contribution in [3.63, 3.8) is 0 Å². The minimum Gasteiger partial charge on any atom is -0.473 e. The van der Waals surface area contributed by atoms with E-state index in [2.05, 4.69) is 21.2 Å². The third-order valence-corrected chi connectivity index (χ3v) is 3.17. The number of aliphatic carboxylic acids is 2. The normalized spacial score (nSPS) is 9.38. The summed E-state index contributed by atoms with van der Waals surface area (Å²) in [4.78, 5) is 28.5. The van der Waals surface area contributed by atoms with Gasteiger partial charge in [0.1, 0.15) is 0 Å². The van der Waals surface area contributed by atoms with Gasteiger partial charge >= 0.3 is 11.9 Å². The second-order valence-corrected chi connectivity index (χ2v) is 5.31. The molecule has 0 bridgehead atoms. The summed E-state index contributed by atoms with van der Waals surface area (Å²) in [5.41, 5.74) is 1.97. The van der Waals surface area contributed by atoms with Gasteiger partial charge in [0.05, 0.1) is 4.92 Å². The third kappa shape index (κ3) is 6.88. The molecular formula is C15H13BrN2O6. The van der Waals surface area contributed by atoms with E-state index >= 15 is 0 Å². The molecule has 3 N–H and O–H groups in total. The summed E-state index contributed by atoms with van der Waals surface area (Å²) < 4.78 is 1.02. The number of anilines is 1. The Kier molecular flexibility index (Phi) is 7.37. The molecule has 0 spiro atoms. The minimum atomic E-state index is -1.82. The highest BCUT2D eigenvalue weighted by atomic mass is 79.9. The lowest BCUT2D eigenvalue weighted by molar-refractivity contribution is -0.384. The number of nitro benzene ring substituents is 1. The van der Waals surface area contributed by atoms with Crippen molar-refractivity contribution in [3.05, 3.63) is 68.7 Å². The van der Waals surface area contributed by atoms with Gasteiger partial charge in [0, 0.05) is 28.8 Å². The number of hydrogen-bond donors (Lipinski definition) is 3. The summed E-state index contributed by atoms with van der Waals surface area (Å²) in [7, 11) is 0. The molecule has 0 radical (unpaired) electrons. The molecule has 0 aliphatic carbocycles. The fourth-order valence-electron chi connectivity index (χ4n) is 1.55. The van der Waals surface area contributed by atoms with Gasteiger partial charge < -0.3 is 15.5 Å². The molecule has 9 heteroatoms. The number of benzene rings is 2. The summed E-state index contributed by atoms with van der Waals surface area (Å²) in [6.45, 7) is 0.559. The lowest BCUT2D eigenvalue weighted by Gasteiger charge is -2.06. The molecule has 126 valence electrons. The highest BCUT2D eigenvalue weighted by molar-refractivity contribution is 9.10. The Morgan fingerprint density at radius 1 is 1.08 bits per heavy atom. The molecule has 2 rings (SSSR count). The van der Waals surface area contributed by atoms with Crippen LogP contribution in [0.3, 0.4) is 0 Å². The van der Waals surface area contributed by atoms with Crippen LogP contribution in [0, 0.1) is 10.1 Å². The van der Waals surface area contributed by atoms with Crippen LogP contribution in [0.4, 0.5) is 11.4 Å². The Morgan fingerprint density at radius 3 is 2.17 bits per heavy atom. The molecule has 8 nitrogen and oxygen atoms in total. The van der Waals surface area contributed by atoms with E-state index in [9.17, 15) is 10.1 Å². The van der Waals surface area contributed by atoms with Crippen LogP contribution in [0.25, 0.3) is 0 Å². The van der Waals surface area contributed by atoms with Crippen molar-refractivity contribution in [2.45, 2.75) is 6.54 Å². The second kappa shape index (κ2) is 9.26. The van der Waals surface area contributed by atoms with E-state index in [0.717, 1.165) is 15.7 Å². The molecule has 24 heavy (non-hydrogen) atoms. The molecule has 0 aliphatic heterocycles. The standard InChI is InChI=1S/C13H11BrN2O2.C2H2O4/c14-11-4-6-12(7-5-11)15-9-10-2-1-3-13(8-10)16(17)18;3-1(4)2(5)6/h1-8,15H,9H2;(H,3,4)(H,5,6). The molecule has 0 saturated carbocycles. The number of nitrogens with one attached hydrogen (secondary N) is 1. The summed E-state index contributed by atoms with van der Waals surface area (Å²) >= 11 is 3.36. The topological polar surface area (TPSA) is 130 Å². The number of halogens is 1. The van der Waals surface area contributed by atoms with Crippen molar-refractivity contribution < 1.29 is 24.7 Å². The third-order valence-electron chi connectivity index (χ3n) is 2.65. The Morgan fingerprint density at radius 2 is 1.67 bits per heavy atom. The van der Waals surface area contributed by atoms with Gasteiger partial charge in [-0.1, -0.05) is 28.1 Å². The first-order valence-electron chi connectivity index (χ1n) is 6.48. The van der Waals surface area contributed by atoms with Gasteiger partial charge in [-0.05, 0) is 29.8 Å². The Labute approximate surface area is 145 Å². The maximum Gasteiger partial charge on any atom is 0.414 e. The van der Waals surface area contributed by atoms with Crippen molar-refractivity contribution in [2.24, 2.45) is 0 Å². The van der Waals surface area contributed by atoms with Crippen molar-refractivity contribution in [3.8, 4) is 0 Å². The van der Waals surface area contributed by atoms with Crippen molar-refractivity contribution in [1.82, 2.24) is 0 Å². The van der Waals surface area contributed by atoms with E-state index in [1.54, 1.807) is 12.1 Å². The van der Waals surface area contributed by atoms with Crippen LogP contribution < -0.4 is 5.32 Å². The average Bonchev–Trinajstić information content (AvgIpc) is 2.55. The summed E-state index contributed by atoms with van der Waals surface area (Å²) in [6, 6.07) is 14.4. The first-order chi connectivity index (χ1) is 11.3. The first-order valence-corrected chi connectivity index (χ1v) is 7.28. The minimum absolute atomic E-state index is 0.116. The van der Waals surface area contributed by atoms with Crippen LogP contribution in [-0.4, -0.2) is 27.1 Å². The molecule has 0 unspecified atom stereocenters. The molecule has 0 fully saturated rings. The zero-order valence-corrected chi connectivity index (χ0v) is 13.8. The number of carboxylic acids is 2. The van der Waals surface area contributed by atoms with E-state index in [-0.39, 0.29) is 10.6 Å². The molecule has 2 aromatic rings. The molecule has 2 aromatic carbocycles. The van der Waals surface area contributed by atoms with Crippen LogP contribution in [0.5, 0.6) is 0 Å². The summed E-state index contributed by atoms with van der Waals surface area (Å²) in [5, 5.41) is 28.6. The quantitative estimate of drug-likeness (QED) is 0.411. The van der Waals surface area contributed by atoms with E-state index in [1.165, 1.54) is 6.07 Å². The molecular weight excluding hydrogens is 384 g/mol. The number of nitro groups is 1. The Hall–Kier alpha value is -2.94. The smallest absolute Gasteiger partial charge is 0.414 e. The molecule has 0 heterocycles. The van der Waals surface area contributed by atoms with Crippen molar-refractivity contribution in [2.75, 3.05) is 5.32 Å². The largest absolute Gasteiger partial charge is 0.473 e. The highest BCUT2D eigenvalue weighted by Crippen LogP contribution is 2.17. The molecule has 0 saturated heterocycles. The lowest BCUT2D eigenvalue weighted by atomic mass is 10.2. The van der Waals surface area contributed by atoms with Gasteiger partial charge in [0.25, 0.3) is 5.69 Å². The van der Waals surface area contributed by atoms with Crippen LogP contribution in [0.2, 0.25) is 0 Å². The van der Waals surface area contributed by atoms with Crippen LogP contribution >= 0.6 is 15.9 Å². The van der Waals surface area contributed by atoms with E-state index in [4.69, 9.17) is 19.8 Å². The molecule has 0 amide bonds. The predicted molar refractivity (Wildman–Crippen MR) is 89.8 cm³/mol. The zero-order valence-electron chi connectivity index (χ0n) is 12.2. The maximum absolute atomic E-state index is 10.6. The van der Waals surface area contributed by atoms with Gasteiger partial charge in [0.2, 0.25) is 0 Å². The van der Waals surface area contributed by atoms with Gasteiger partial charge in [-0.3, -0.25) is 10.1 Å². The lowest BCUT2D eigenvalue weighted by Crippen LogP contribution is -2.09. The van der Waals surface area contributed by atoms with Gasteiger partial charge in [-0.15, -0.1) is 0 Å². The molecule has 0 atom stereocenters. The number of nitrogens with zero attached hydrogens (tertiary/aromatic N) is 1. The van der Waals surface area contributed by atoms with Gasteiger partial charge in [0.15, 0.2) is 0 Å². The average molecular weight is 397 g/mol. The monoisotopic (exact) mass is 396 g/mol. The highest BCUT2D eigenvalue weighted by Gasteiger charge is 2.05. The Bertz CT molecular complexity index is 721. The fourth-order valence-corrected chi connectivity index (χ4v) is 1.82. The predicted octanol–water partition coefficient (Wildman–Crippen LogP) is 3.13. The second-order valence-electron chi connectivity index (χ2n) is 4.40. The van der Waals surface area contributed by atoms with Gasteiger partial charge in [-0.2, -0.15) is 0 Å². The van der Waals surface area contributed by atoms with E-state index in [0.29, 0.717) is 6.54 Å². The number of carboxylic acid groups (broad SMARTS) is 2. The van der Waals surface area contributed by atoms with Crippen LogP contribution in [0.1, 0.15) is 5.56 Å². The number of carbonyl (C=O) groups is 2. The SMILES string of the molecule is O=C(O)C(=O)O.O=[N+]([O-])c1cccc(CNc2ccc(Br)cc2)c1. The number of hydrogen-bond acceptors (Lipinski definition) is 5. The fraction of sp³-hybridized carbons (Fsp3) is 0.0667. The van der Waals surface area contributed by atoms with E-state index < -0.39 is 11.9 Å². The first kappa shape index (κ1) is 19.1. The van der Waals surface area contributed by atoms with Crippen LogP contribution in [0.15, 0.2) is 53.0 Å². The summed E-state index contributed by atoms with van der Waals surface area (Å²) in [5.74, 6) is -3.65. The zero-order chi connectivity index (χ0) is 18.1. The van der Waals surface area contributed by atoms with E-state index in [1.807, 2.05) is 30.3 Å². The van der Waals surface area contributed by atoms with Crippen LogP contribution in [-0.2, 0) is 16.1 Å². The Balaban J connectivity index is 0.000000413. The van der Waals surface area contributed by atoms with Crippen molar-refractivity contribution in [1.29, 1.82) is 0 Å².